The lowest BCUT2D eigenvalue weighted by Crippen LogP contribution is -2.36. The van der Waals surface area contributed by atoms with Gasteiger partial charge in [-0.3, -0.25) is 14.4 Å². The number of likely N-dealkylation sites (N-methyl/N-ethyl adjacent to an activating group) is 1. The molecule has 0 radical (unpaired) electrons. The molecule has 3 amide bonds. The molecule has 2 aromatic rings. The van der Waals surface area contributed by atoms with E-state index in [0.29, 0.717) is 37.6 Å². The molecule has 1 heterocycles. The molecule has 1 aliphatic heterocycles. The van der Waals surface area contributed by atoms with E-state index in [1.54, 1.807) is 4.90 Å². The van der Waals surface area contributed by atoms with Crippen molar-refractivity contribution in [1.29, 1.82) is 0 Å². The molecular weight excluding hydrogens is 560 g/mol. The van der Waals surface area contributed by atoms with E-state index in [9.17, 15) is 14.4 Å². The molecule has 0 aromatic heterocycles. The minimum absolute atomic E-state index is 0.0598. The number of amides is 3. The Morgan fingerprint density at radius 3 is 2.37 bits per heavy atom. The van der Waals surface area contributed by atoms with E-state index < -0.39 is 0 Å². The first-order valence-corrected chi connectivity index (χ1v) is 16.3. The molecule has 5 N–H and O–H groups in total. The fourth-order valence-corrected chi connectivity index (χ4v) is 6.16. The van der Waals surface area contributed by atoms with Gasteiger partial charge in [-0.15, -0.1) is 0 Å². The fraction of sp³-hybridized carbons (Fsp3) is 0.485. The number of aryl methyl sites for hydroxylation is 1. The molecule has 1 fully saturated rings. The summed E-state index contributed by atoms with van der Waals surface area (Å²) in [5, 5.41) is 9.41. The third kappa shape index (κ3) is 10.3. The van der Waals surface area contributed by atoms with Crippen LogP contribution in [-0.4, -0.2) is 78.6 Å². The number of rotatable bonds is 17. The highest BCUT2D eigenvalue weighted by molar-refractivity contribution is 8.04. The summed E-state index contributed by atoms with van der Waals surface area (Å²) in [5.41, 5.74) is 9.56. The van der Waals surface area contributed by atoms with E-state index in [4.69, 9.17) is 5.73 Å². The van der Waals surface area contributed by atoms with Gasteiger partial charge in [-0.05, 0) is 62.0 Å². The second-order valence-electron chi connectivity index (χ2n) is 10.7. The second-order valence-corrected chi connectivity index (χ2v) is 11.9. The van der Waals surface area contributed by atoms with Gasteiger partial charge in [-0.2, -0.15) is 0 Å². The molecule has 0 aliphatic carbocycles. The van der Waals surface area contributed by atoms with E-state index in [1.165, 1.54) is 11.8 Å². The lowest BCUT2D eigenvalue weighted by atomic mass is 10.0. The van der Waals surface area contributed by atoms with Gasteiger partial charge in [-0.1, -0.05) is 75.0 Å². The number of nitrogens with zero attached hydrogens (tertiary/aromatic N) is 2. The first-order valence-electron chi connectivity index (χ1n) is 15.4. The number of anilines is 1. The zero-order valence-electron chi connectivity index (χ0n) is 26.0. The Morgan fingerprint density at radius 1 is 1.02 bits per heavy atom. The molecule has 10 heteroatoms. The normalized spacial score (nSPS) is 16.7. The Bertz CT molecular complexity index is 1220. The lowest BCUT2D eigenvalue weighted by Gasteiger charge is -2.18. The van der Waals surface area contributed by atoms with Gasteiger partial charge < -0.3 is 31.5 Å². The minimum Gasteiger partial charge on any atom is -0.392 e. The topological polar surface area (TPSA) is 120 Å². The highest BCUT2D eigenvalue weighted by Gasteiger charge is 2.38. The van der Waals surface area contributed by atoms with E-state index in [2.05, 4.69) is 34.7 Å². The number of benzene rings is 2. The van der Waals surface area contributed by atoms with Gasteiger partial charge in [0.2, 0.25) is 11.8 Å². The predicted molar refractivity (Wildman–Crippen MR) is 177 cm³/mol. The van der Waals surface area contributed by atoms with Gasteiger partial charge in [0.25, 0.3) is 5.91 Å². The van der Waals surface area contributed by atoms with Gasteiger partial charge in [0.15, 0.2) is 0 Å². The van der Waals surface area contributed by atoms with Crippen LogP contribution in [0.2, 0.25) is 0 Å². The number of thioether (sulfide) groups is 1. The Kier molecular flexibility index (Phi) is 13.9. The summed E-state index contributed by atoms with van der Waals surface area (Å²) in [5.74, 6) is -0.189. The third-order valence-corrected chi connectivity index (χ3v) is 9.04. The molecule has 1 aliphatic rings. The van der Waals surface area contributed by atoms with Gasteiger partial charge in [0.1, 0.15) is 16.0 Å². The molecule has 1 unspecified atom stereocenters. The van der Waals surface area contributed by atoms with Crippen LogP contribution in [0.3, 0.4) is 0 Å². The van der Waals surface area contributed by atoms with Gasteiger partial charge >= 0.3 is 0 Å². The molecule has 9 nitrogen and oxygen atoms in total. The highest BCUT2D eigenvalue weighted by Crippen LogP contribution is 2.36. The van der Waals surface area contributed by atoms with Crippen LogP contribution in [0.5, 0.6) is 0 Å². The van der Waals surface area contributed by atoms with Crippen molar-refractivity contribution in [2.45, 2.75) is 58.1 Å². The molecule has 3 rings (SSSR count). The zero-order chi connectivity index (χ0) is 31.2. The summed E-state index contributed by atoms with van der Waals surface area (Å²) in [6.07, 6.45) is 2.13. The smallest absolute Gasteiger partial charge is 0.269 e. The fourth-order valence-electron chi connectivity index (χ4n) is 4.93. The quantitative estimate of drug-likeness (QED) is 0.201. The predicted octanol–water partition coefficient (Wildman–Crippen LogP) is 3.89. The van der Waals surface area contributed by atoms with E-state index in [1.807, 2.05) is 68.4 Å². The maximum atomic E-state index is 13.1. The molecule has 234 valence electrons. The lowest BCUT2D eigenvalue weighted by molar-refractivity contribution is -0.127. The Labute approximate surface area is 261 Å². The summed E-state index contributed by atoms with van der Waals surface area (Å²) in [6.45, 7) is 13.0. The van der Waals surface area contributed by atoms with Crippen molar-refractivity contribution in [1.82, 2.24) is 20.4 Å². The Morgan fingerprint density at radius 2 is 1.72 bits per heavy atom. The number of nitrogens with two attached hydrogens (primary N) is 1. The van der Waals surface area contributed by atoms with Crippen molar-refractivity contribution in [2.75, 3.05) is 51.1 Å². The van der Waals surface area contributed by atoms with Crippen LogP contribution in [0.25, 0.3) is 0 Å². The Hall–Kier alpha value is -3.50. The molecule has 2 atom stereocenters. The number of carbonyl (C=O) groups excluding carboxylic acids is 3. The van der Waals surface area contributed by atoms with E-state index in [0.717, 1.165) is 49.3 Å². The summed E-state index contributed by atoms with van der Waals surface area (Å²) < 4.78 is 0. The Balaban J connectivity index is 1.45. The van der Waals surface area contributed by atoms with Crippen molar-refractivity contribution < 1.29 is 14.4 Å². The molecule has 1 saturated heterocycles. The number of hydrogen-bond acceptors (Lipinski definition) is 7. The van der Waals surface area contributed by atoms with Crippen molar-refractivity contribution in [3.05, 3.63) is 76.5 Å². The maximum absolute atomic E-state index is 13.1. The second kappa shape index (κ2) is 17.6. The van der Waals surface area contributed by atoms with Crippen LogP contribution >= 0.6 is 11.8 Å². The molecule has 2 aromatic carbocycles. The van der Waals surface area contributed by atoms with Crippen LogP contribution in [0, 0.1) is 0 Å². The van der Waals surface area contributed by atoms with Crippen LogP contribution < -0.4 is 21.7 Å². The van der Waals surface area contributed by atoms with Gasteiger partial charge in [0.05, 0.1) is 0 Å². The van der Waals surface area contributed by atoms with Crippen LogP contribution in [0.4, 0.5) is 5.69 Å². The van der Waals surface area contributed by atoms with Gasteiger partial charge in [-0.25, -0.2) is 0 Å². The first-order chi connectivity index (χ1) is 20.8. The average molecular weight is 609 g/mol. The molecular formula is C33H48N6O3S. The monoisotopic (exact) mass is 608 g/mol. The third-order valence-electron chi connectivity index (χ3n) is 7.73. The summed E-state index contributed by atoms with van der Waals surface area (Å²) in [7, 11) is 0. The van der Waals surface area contributed by atoms with E-state index in [-0.39, 0.29) is 34.6 Å². The molecule has 0 spiro atoms. The van der Waals surface area contributed by atoms with Crippen LogP contribution in [0.15, 0.2) is 65.3 Å². The first kappa shape index (κ1) is 34.0. The van der Waals surface area contributed by atoms with Crippen molar-refractivity contribution in [2.24, 2.45) is 5.73 Å². The largest absolute Gasteiger partial charge is 0.392 e. The number of carbonyl (C=O) groups is 3. The summed E-state index contributed by atoms with van der Waals surface area (Å²) in [4.78, 5) is 42.0. The van der Waals surface area contributed by atoms with Crippen LogP contribution in [-0.2, 0) is 20.8 Å². The summed E-state index contributed by atoms with van der Waals surface area (Å²) >= 11 is 1.33. The van der Waals surface area contributed by atoms with Crippen LogP contribution in [0.1, 0.15) is 57.6 Å². The zero-order valence-corrected chi connectivity index (χ0v) is 26.8. The van der Waals surface area contributed by atoms with Gasteiger partial charge in [0, 0.05) is 44.8 Å². The highest BCUT2D eigenvalue weighted by atomic mass is 32.2. The minimum atomic E-state index is -0.385. The van der Waals surface area contributed by atoms with E-state index >= 15 is 0 Å². The van der Waals surface area contributed by atoms with Crippen molar-refractivity contribution in [3.8, 4) is 0 Å². The van der Waals surface area contributed by atoms with Crippen molar-refractivity contribution in [3.63, 3.8) is 0 Å². The summed E-state index contributed by atoms with van der Waals surface area (Å²) in [6, 6.07) is 18.1. The molecule has 0 bridgehead atoms. The average Bonchev–Trinajstić information content (AvgIpc) is 3.36. The van der Waals surface area contributed by atoms with Crippen molar-refractivity contribution >= 4 is 35.2 Å². The number of hydrogen-bond donors (Lipinski definition) is 4. The molecule has 43 heavy (non-hydrogen) atoms. The maximum Gasteiger partial charge on any atom is 0.269 e. The number of nitrogens with one attached hydrogen (secondary N) is 3. The SMILES string of the molecule is CCN(CC)CCNC(=O)CCCc1ccc(NC[C@H]2S/C(=C(/N)C(=O)NCC(C)c3ccccc3)N(CC)C2=O)cc1. The molecule has 0 saturated carbocycles. The standard InChI is InChI=1S/C33H48N6O3S/c1-5-38(6-2)21-20-35-29(40)15-11-12-25-16-18-27(19-17-25)36-23-28-32(42)39(7-3)33(43-28)30(34)31(41)37-22-24(4)26-13-9-8-10-14-26/h8-10,13-14,16-19,24,28,36H,5-7,11-12,15,20-23,34H2,1-4H3,(H,35,40)(H,37,41)/b33-30+/t24?,28-/m1/s1.